The largest absolute Gasteiger partial charge is 0.302 e. The van der Waals surface area contributed by atoms with Crippen molar-refractivity contribution < 1.29 is 0 Å². The first-order valence-corrected chi connectivity index (χ1v) is 7.89. The van der Waals surface area contributed by atoms with Crippen LogP contribution in [0.5, 0.6) is 0 Å². The van der Waals surface area contributed by atoms with Crippen molar-refractivity contribution >= 4 is 0 Å². The number of hydrogen-bond acceptors (Lipinski definition) is 3. The van der Waals surface area contributed by atoms with Gasteiger partial charge in [0.05, 0.1) is 11.7 Å². The number of nitrogens with one attached hydrogen (secondary N) is 1. The van der Waals surface area contributed by atoms with Crippen molar-refractivity contribution in [1.29, 1.82) is 0 Å². The van der Waals surface area contributed by atoms with Crippen molar-refractivity contribution in [2.45, 2.75) is 44.7 Å². The zero-order chi connectivity index (χ0) is 14.7. The third-order valence-corrected chi connectivity index (χ3v) is 4.51. The molecular weight excluding hydrogens is 260 g/mol. The Balaban J connectivity index is 1.72. The van der Waals surface area contributed by atoms with Gasteiger partial charge in [-0.3, -0.25) is 4.68 Å². The van der Waals surface area contributed by atoms with E-state index in [1.807, 2.05) is 13.2 Å². The van der Waals surface area contributed by atoms with E-state index in [9.17, 15) is 0 Å². The Labute approximate surface area is 126 Å². The van der Waals surface area contributed by atoms with Crippen LogP contribution in [0.4, 0.5) is 0 Å². The SMILES string of the molecule is C[C@@H](N[C@@H](CC1CCC1)c1ccccc1)c1cn(C)nn1. The average Bonchev–Trinajstić information content (AvgIpc) is 2.89. The molecule has 0 radical (unpaired) electrons. The van der Waals surface area contributed by atoms with E-state index in [2.05, 4.69) is 52.9 Å². The minimum Gasteiger partial charge on any atom is -0.302 e. The summed E-state index contributed by atoms with van der Waals surface area (Å²) in [6.07, 6.45) is 7.36. The minimum absolute atomic E-state index is 0.212. The maximum absolute atomic E-state index is 4.23. The molecule has 0 amide bonds. The number of hydrogen-bond donors (Lipinski definition) is 1. The van der Waals surface area contributed by atoms with Crippen molar-refractivity contribution in [3.8, 4) is 0 Å². The molecule has 1 aromatic heterocycles. The number of aryl methyl sites for hydroxylation is 1. The lowest BCUT2D eigenvalue weighted by atomic mass is 9.79. The second-order valence-electron chi connectivity index (χ2n) is 6.20. The average molecular weight is 284 g/mol. The lowest BCUT2D eigenvalue weighted by Crippen LogP contribution is -2.28. The Morgan fingerprint density at radius 2 is 2.05 bits per heavy atom. The fraction of sp³-hybridized carbons (Fsp3) is 0.529. The van der Waals surface area contributed by atoms with Gasteiger partial charge in [-0.1, -0.05) is 54.8 Å². The van der Waals surface area contributed by atoms with E-state index in [-0.39, 0.29) is 6.04 Å². The van der Waals surface area contributed by atoms with Crippen LogP contribution in [0, 0.1) is 5.92 Å². The fourth-order valence-electron chi connectivity index (χ4n) is 3.00. The monoisotopic (exact) mass is 284 g/mol. The van der Waals surface area contributed by atoms with Crippen molar-refractivity contribution in [3.05, 3.63) is 47.8 Å². The second kappa shape index (κ2) is 6.39. The summed E-state index contributed by atoms with van der Waals surface area (Å²) in [4.78, 5) is 0. The van der Waals surface area contributed by atoms with Gasteiger partial charge in [0.1, 0.15) is 0 Å². The zero-order valence-corrected chi connectivity index (χ0v) is 12.9. The van der Waals surface area contributed by atoms with Gasteiger partial charge in [0.2, 0.25) is 0 Å². The van der Waals surface area contributed by atoms with Crippen LogP contribution in [0.2, 0.25) is 0 Å². The van der Waals surface area contributed by atoms with Crippen molar-refractivity contribution in [2.24, 2.45) is 13.0 Å². The molecule has 0 aliphatic heterocycles. The van der Waals surface area contributed by atoms with Crippen molar-refractivity contribution in [2.75, 3.05) is 0 Å². The topological polar surface area (TPSA) is 42.7 Å². The molecule has 1 saturated carbocycles. The maximum atomic E-state index is 4.23. The van der Waals surface area contributed by atoms with Gasteiger partial charge >= 0.3 is 0 Å². The Morgan fingerprint density at radius 3 is 2.62 bits per heavy atom. The van der Waals surface area contributed by atoms with E-state index in [1.54, 1.807) is 4.68 Å². The molecule has 4 heteroatoms. The van der Waals surface area contributed by atoms with Gasteiger partial charge in [-0.2, -0.15) is 0 Å². The minimum atomic E-state index is 0.212. The Kier molecular flexibility index (Phi) is 4.34. The van der Waals surface area contributed by atoms with E-state index in [4.69, 9.17) is 0 Å². The summed E-state index contributed by atoms with van der Waals surface area (Å²) in [5.41, 5.74) is 2.38. The lowest BCUT2D eigenvalue weighted by Gasteiger charge is -2.31. The van der Waals surface area contributed by atoms with Crippen LogP contribution in [0.3, 0.4) is 0 Å². The molecule has 4 nitrogen and oxygen atoms in total. The molecule has 1 aliphatic carbocycles. The Morgan fingerprint density at radius 1 is 1.29 bits per heavy atom. The first-order chi connectivity index (χ1) is 10.2. The molecule has 0 bridgehead atoms. The quantitative estimate of drug-likeness (QED) is 0.884. The molecule has 2 atom stereocenters. The molecule has 1 heterocycles. The van der Waals surface area contributed by atoms with Crippen LogP contribution in [0.15, 0.2) is 36.5 Å². The highest BCUT2D eigenvalue weighted by Crippen LogP contribution is 2.35. The standard InChI is InChI=1S/C17H24N4/c1-13(17-12-21(2)20-19-17)18-16(11-14-7-6-8-14)15-9-4-3-5-10-15/h3-5,9-10,12-14,16,18H,6-8,11H2,1-2H3/t13-,16+/m1/s1. The zero-order valence-electron chi connectivity index (χ0n) is 12.9. The molecule has 0 saturated heterocycles. The fourth-order valence-corrected chi connectivity index (χ4v) is 3.00. The first kappa shape index (κ1) is 14.3. The summed E-state index contributed by atoms with van der Waals surface area (Å²) in [7, 11) is 1.91. The molecule has 0 spiro atoms. The number of nitrogens with zero attached hydrogens (tertiary/aromatic N) is 3. The molecular formula is C17H24N4. The van der Waals surface area contributed by atoms with Gasteiger partial charge in [0, 0.05) is 19.3 Å². The molecule has 0 unspecified atom stereocenters. The molecule has 1 fully saturated rings. The van der Waals surface area contributed by atoms with Crippen LogP contribution < -0.4 is 5.32 Å². The summed E-state index contributed by atoms with van der Waals surface area (Å²) in [6.45, 7) is 2.17. The molecule has 21 heavy (non-hydrogen) atoms. The van der Waals surface area contributed by atoms with Crippen LogP contribution in [0.25, 0.3) is 0 Å². The highest BCUT2D eigenvalue weighted by atomic mass is 15.4. The summed E-state index contributed by atoms with van der Waals surface area (Å²) in [6, 6.07) is 11.4. The number of benzene rings is 1. The highest BCUT2D eigenvalue weighted by molar-refractivity contribution is 5.19. The van der Waals surface area contributed by atoms with Crippen LogP contribution in [0.1, 0.15) is 55.9 Å². The van der Waals surface area contributed by atoms with E-state index < -0.39 is 0 Å². The van der Waals surface area contributed by atoms with E-state index in [1.165, 1.54) is 31.2 Å². The third kappa shape index (κ3) is 3.50. The van der Waals surface area contributed by atoms with Crippen LogP contribution in [-0.4, -0.2) is 15.0 Å². The van der Waals surface area contributed by atoms with Crippen molar-refractivity contribution in [1.82, 2.24) is 20.3 Å². The highest BCUT2D eigenvalue weighted by Gasteiger charge is 2.24. The van der Waals surface area contributed by atoms with Gasteiger partial charge in [0.25, 0.3) is 0 Å². The van der Waals surface area contributed by atoms with Gasteiger partial charge < -0.3 is 5.32 Å². The smallest absolute Gasteiger partial charge is 0.0993 e. The lowest BCUT2D eigenvalue weighted by molar-refractivity contribution is 0.253. The summed E-state index contributed by atoms with van der Waals surface area (Å²) >= 11 is 0. The first-order valence-electron chi connectivity index (χ1n) is 7.89. The Bertz CT molecular complexity index is 559. The van der Waals surface area contributed by atoms with Crippen LogP contribution in [-0.2, 0) is 7.05 Å². The molecule has 1 aliphatic rings. The van der Waals surface area contributed by atoms with Gasteiger partial charge in [-0.25, -0.2) is 0 Å². The van der Waals surface area contributed by atoms with Gasteiger partial charge in [-0.15, -0.1) is 5.10 Å². The van der Waals surface area contributed by atoms with Gasteiger partial charge in [0.15, 0.2) is 0 Å². The predicted molar refractivity (Wildman–Crippen MR) is 83.7 cm³/mol. The maximum Gasteiger partial charge on any atom is 0.0993 e. The number of rotatable bonds is 6. The molecule has 112 valence electrons. The molecule has 1 N–H and O–H groups in total. The van der Waals surface area contributed by atoms with Crippen LogP contribution >= 0.6 is 0 Å². The molecule has 1 aromatic carbocycles. The van der Waals surface area contributed by atoms with E-state index in [0.717, 1.165) is 11.6 Å². The predicted octanol–water partition coefficient (Wildman–Crippen LogP) is 3.40. The summed E-state index contributed by atoms with van der Waals surface area (Å²) in [5, 5.41) is 12.0. The van der Waals surface area contributed by atoms with Gasteiger partial charge in [-0.05, 0) is 24.8 Å². The molecule has 2 aromatic rings. The number of aromatic nitrogens is 3. The Hall–Kier alpha value is -1.68. The third-order valence-electron chi connectivity index (χ3n) is 4.51. The van der Waals surface area contributed by atoms with Crippen molar-refractivity contribution in [3.63, 3.8) is 0 Å². The summed E-state index contributed by atoms with van der Waals surface area (Å²) in [5.74, 6) is 0.872. The molecule has 3 rings (SSSR count). The normalized spacial score (nSPS) is 18.2. The van der Waals surface area contributed by atoms with E-state index in [0.29, 0.717) is 6.04 Å². The summed E-state index contributed by atoms with van der Waals surface area (Å²) < 4.78 is 1.76. The second-order valence-corrected chi connectivity index (χ2v) is 6.20. The van der Waals surface area contributed by atoms with E-state index >= 15 is 0 Å².